The van der Waals surface area contributed by atoms with Gasteiger partial charge in [0.1, 0.15) is 17.0 Å². The first-order chi connectivity index (χ1) is 18.5. The summed E-state index contributed by atoms with van der Waals surface area (Å²) in [6, 6.07) is 29.7. The van der Waals surface area contributed by atoms with Gasteiger partial charge in [-0.2, -0.15) is 0 Å². The van der Waals surface area contributed by atoms with Crippen molar-refractivity contribution in [2.75, 3.05) is 0 Å². The number of benzene rings is 4. The van der Waals surface area contributed by atoms with Gasteiger partial charge in [-0.1, -0.05) is 70.2 Å². The minimum atomic E-state index is 0.360. The number of imidazole rings is 1. The van der Waals surface area contributed by atoms with E-state index in [-0.39, 0.29) is 0 Å². The lowest BCUT2D eigenvalue weighted by atomic mass is 9.92. The van der Waals surface area contributed by atoms with Gasteiger partial charge in [0.15, 0.2) is 0 Å². The highest BCUT2D eigenvalue weighted by molar-refractivity contribution is 6.16. The van der Waals surface area contributed by atoms with Gasteiger partial charge in [0.2, 0.25) is 0 Å². The first kappa shape index (κ1) is 22.7. The summed E-state index contributed by atoms with van der Waals surface area (Å²) in [7, 11) is 0. The van der Waals surface area contributed by atoms with Crippen molar-refractivity contribution in [2.24, 2.45) is 0 Å². The van der Waals surface area contributed by atoms with Crippen LogP contribution < -0.4 is 0 Å². The average molecular weight is 496 g/mol. The molecule has 4 aromatic carbocycles. The Morgan fingerprint density at radius 2 is 1.34 bits per heavy atom. The van der Waals surface area contributed by atoms with Crippen LogP contribution >= 0.6 is 0 Å². The van der Waals surface area contributed by atoms with Crippen molar-refractivity contribution in [3.63, 3.8) is 0 Å². The van der Waals surface area contributed by atoms with E-state index in [0.29, 0.717) is 11.8 Å². The third-order valence-corrected chi connectivity index (χ3v) is 7.61. The van der Waals surface area contributed by atoms with E-state index in [4.69, 9.17) is 9.40 Å². The van der Waals surface area contributed by atoms with Crippen LogP contribution in [0, 0.1) is 0 Å². The Bertz CT molecular complexity index is 1960. The molecule has 4 nitrogen and oxygen atoms in total. The maximum atomic E-state index is 6.70. The number of pyridine rings is 1. The highest BCUT2D eigenvalue weighted by Gasteiger charge is 2.24. The van der Waals surface area contributed by atoms with E-state index in [1.54, 1.807) is 0 Å². The Hall–Kier alpha value is -4.44. The van der Waals surface area contributed by atoms with E-state index < -0.39 is 0 Å². The van der Waals surface area contributed by atoms with Crippen molar-refractivity contribution in [2.45, 2.75) is 39.5 Å². The van der Waals surface area contributed by atoms with Crippen molar-refractivity contribution in [3.8, 4) is 17.1 Å². The largest absolute Gasteiger partial charge is 0.455 e. The minimum absolute atomic E-state index is 0.360. The topological polar surface area (TPSA) is 43.9 Å². The number of hydrogen-bond acceptors (Lipinski definition) is 3. The second-order valence-electron chi connectivity index (χ2n) is 10.7. The van der Waals surface area contributed by atoms with Crippen LogP contribution in [0.5, 0.6) is 0 Å². The van der Waals surface area contributed by atoms with Crippen LogP contribution in [0.3, 0.4) is 0 Å². The zero-order valence-electron chi connectivity index (χ0n) is 22.1. The van der Waals surface area contributed by atoms with Crippen molar-refractivity contribution in [1.29, 1.82) is 0 Å². The molecule has 3 aromatic heterocycles. The van der Waals surface area contributed by atoms with E-state index in [1.165, 1.54) is 16.8 Å². The molecular weight excluding hydrogens is 466 g/mol. The Morgan fingerprint density at radius 1 is 0.632 bits per heavy atom. The zero-order chi connectivity index (χ0) is 26.0. The van der Waals surface area contributed by atoms with Gasteiger partial charge in [0, 0.05) is 22.4 Å². The molecule has 0 radical (unpaired) electrons. The van der Waals surface area contributed by atoms with Crippen molar-refractivity contribution in [3.05, 3.63) is 102 Å². The van der Waals surface area contributed by atoms with Crippen LogP contribution in [0.4, 0.5) is 0 Å². The summed E-state index contributed by atoms with van der Waals surface area (Å²) in [6.45, 7) is 9.06. The maximum absolute atomic E-state index is 6.70. The zero-order valence-corrected chi connectivity index (χ0v) is 22.1. The van der Waals surface area contributed by atoms with Crippen LogP contribution in [0.2, 0.25) is 0 Å². The van der Waals surface area contributed by atoms with E-state index in [1.807, 2.05) is 12.3 Å². The van der Waals surface area contributed by atoms with E-state index in [0.717, 1.165) is 55.3 Å². The lowest BCUT2D eigenvalue weighted by Gasteiger charge is -2.22. The van der Waals surface area contributed by atoms with Gasteiger partial charge in [-0.05, 0) is 65.4 Å². The Kier molecular flexibility index (Phi) is 5.12. The predicted octanol–water partition coefficient (Wildman–Crippen LogP) is 9.39. The number of rotatable bonds is 4. The minimum Gasteiger partial charge on any atom is -0.455 e. The van der Waals surface area contributed by atoms with Crippen LogP contribution in [0.25, 0.3) is 61.0 Å². The molecule has 3 heterocycles. The van der Waals surface area contributed by atoms with E-state index in [2.05, 4.69) is 116 Å². The van der Waals surface area contributed by atoms with Crippen molar-refractivity contribution < 1.29 is 4.42 Å². The third kappa shape index (κ3) is 3.30. The molecule has 0 unspecified atom stereocenters. The van der Waals surface area contributed by atoms with Crippen molar-refractivity contribution >= 4 is 43.9 Å². The van der Waals surface area contributed by atoms with Crippen LogP contribution in [-0.4, -0.2) is 14.5 Å². The Morgan fingerprint density at radius 3 is 2.13 bits per heavy atom. The Balaban J connectivity index is 1.62. The fraction of sp³-hybridized carbons (Fsp3) is 0.176. The molecule has 186 valence electrons. The number of aromatic nitrogens is 3. The molecule has 0 fully saturated rings. The maximum Gasteiger partial charge on any atom is 0.149 e. The molecule has 7 rings (SSSR count). The quantitative estimate of drug-likeness (QED) is 0.244. The predicted molar refractivity (Wildman–Crippen MR) is 157 cm³/mol. The van der Waals surface area contributed by atoms with Gasteiger partial charge in [-0.15, -0.1) is 0 Å². The molecule has 0 saturated carbocycles. The summed E-state index contributed by atoms with van der Waals surface area (Å²) < 4.78 is 9.06. The van der Waals surface area contributed by atoms with E-state index >= 15 is 0 Å². The molecule has 4 heteroatoms. The lowest BCUT2D eigenvalue weighted by molar-refractivity contribution is 0.673. The smallest absolute Gasteiger partial charge is 0.149 e. The molecule has 0 aliphatic heterocycles. The molecule has 7 aromatic rings. The molecule has 0 spiro atoms. The number of furan rings is 1. The van der Waals surface area contributed by atoms with Crippen LogP contribution in [0.1, 0.15) is 50.7 Å². The molecule has 0 saturated heterocycles. The second-order valence-corrected chi connectivity index (χ2v) is 10.7. The van der Waals surface area contributed by atoms with Gasteiger partial charge in [-0.3, -0.25) is 9.55 Å². The van der Waals surface area contributed by atoms with Gasteiger partial charge >= 0.3 is 0 Å². The number of para-hydroxylation sites is 4. The monoisotopic (exact) mass is 495 g/mol. The van der Waals surface area contributed by atoms with Gasteiger partial charge in [0.05, 0.1) is 27.8 Å². The molecule has 0 aliphatic rings. The third-order valence-electron chi connectivity index (χ3n) is 7.61. The van der Waals surface area contributed by atoms with Crippen LogP contribution in [-0.2, 0) is 0 Å². The summed E-state index contributed by atoms with van der Waals surface area (Å²) in [5, 5.41) is 3.20. The first-order valence-electron chi connectivity index (χ1n) is 13.3. The van der Waals surface area contributed by atoms with Crippen molar-refractivity contribution in [1.82, 2.24) is 14.5 Å². The molecule has 0 bridgehead atoms. The fourth-order valence-electron chi connectivity index (χ4n) is 5.79. The fourth-order valence-corrected chi connectivity index (χ4v) is 5.79. The molecule has 38 heavy (non-hydrogen) atoms. The molecule has 0 amide bonds. The number of fused-ring (bicyclic) bond motifs is 6. The SMILES string of the molecule is CC(C)c1cccc(C(C)C)c1-n1c(-c2cccc3c2oc2c4cccnc4ccc32)nc2ccccc21. The second kappa shape index (κ2) is 8.56. The average Bonchev–Trinajstić information content (AvgIpc) is 3.51. The number of nitrogens with zero attached hydrogens (tertiary/aromatic N) is 3. The summed E-state index contributed by atoms with van der Waals surface area (Å²) in [4.78, 5) is 9.77. The highest BCUT2D eigenvalue weighted by Crippen LogP contribution is 2.41. The molecule has 0 N–H and O–H groups in total. The van der Waals surface area contributed by atoms with E-state index in [9.17, 15) is 0 Å². The normalized spacial score (nSPS) is 12.2. The lowest BCUT2D eigenvalue weighted by Crippen LogP contribution is -2.08. The number of hydrogen-bond donors (Lipinski definition) is 0. The summed E-state index contributed by atoms with van der Waals surface area (Å²) >= 11 is 0. The van der Waals surface area contributed by atoms with Gasteiger partial charge < -0.3 is 4.42 Å². The molecule has 0 atom stereocenters. The summed E-state index contributed by atoms with van der Waals surface area (Å²) in [5.41, 5.74) is 9.56. The molecule has 0 aliphatic carbocycles. The highest BCUT2D eigenvalue weighted by atomic mass is 16.3. The van der Waals surface area contributed by atoms with Crippen LogP contribution in [0.15, 0.2) is 95.5 Å². The molecular formula is C34H29N3O. The summed E-state index contributed by atoms with van der Waals surface area (Å²) in [5.74, 6) is 1.62. The van der Waals surface area contributed by atoms with Gasteiger partial charge in [-0.25, -0.2) is 4.98 Å². The Labute approximate surface area is 221 Å². The standard InChI is InChI=1S/C34H29N3O/c1-20(2)22-10-7-11-23(21(3)4)31(22)37-30-16-6-5-15-29(30)36-34(37)27-13-8-12-24-25-17-18-28-26(14-9-19-35-28)32(25)38-33(24)27/h5-21H,1-4H3. The first-order valence-corrected chi connectivity index (χ1v) is 13.3. The summed E-state index contributed by atoms with van der Waals surface area (Å²) in [6.07, 6.45) is 1.82. The van der Waals surface area contributed by atoms with Gasteiger partial charge in [0.25, 0.3) is 0 Å².